The second kappa shape index (κ2) is 7.93. The van der Waals surface area contributed by atoms with Crippen LogP contribution in [0.4, 0.5) is 0 Å². The largest absolute Gasteiger partial charge is 0.416 e. The van der Waals surface area contributed by atoms with Gasteiger partial charge in [-0.25, -0.2) is 4.98 Å². The number of carbonyl (C=O) groups is 1. The zero-order chi connectivity index (χ0) is 17.8. The first-order valence-electron chi connectivity index (χ1n) is 8.00. The summed E-state index contributed by atoms with van der Waals surface area (Å²) in [7, 11) is 0. The second-order valence-corrected chi connectivity index (χ2v) is 7.97. The van der Waals surface area contributed by atoms with Crippen LogP contribution in [-0.4, -0.2) is 26.7 Å². The maximum atomic E-state index is 12.3. The third-order valence-electron chi connectivity index (χ3n) is 3.67. The van der Waals surface area contributed by atoms with Crippen LogP contribution in [0, 0.1) is 6.92 Å². The number of rotatable bonds is 7. The van der Waals surface area contributed by atoms with E-state index in [4.69, 9.17) is 4.42 Å². The first kappa shape index (κ1) is 17.8. The summed E-state index contributed by atoms with van der Waals surface area (Å²) >= 11 is 2.86. The minimum Gasteiger partial charge on any atom is -0.416 e. The Hall–Kier alpha value is -1.99. The topological polar surface area (TPSA) is 68.9 Å². The number of aryl methyl sites for hydroxylation is 1. The van der Waals surface area contributed by atoms with Gasteiger partial charge in [0.1, 0.15) is 0 Å². The minimum absolute atomic E-state index is 0.0511. The van der Waals surface area contributed by atoms with Crippen LogP contribution in [0.3, 0.4) is 0 Å². The van der Waals surface area contributed by atoms with Crippen LogP contribution in [0.1, 0.15) is 52.3 Å². The van der Waals surface area contributed by atoms with Gasteiger partial charge < -0.3 is 4.42 Å². The monoisotopic (exact) mass is 373 g/mol. The summed E-state index contributed by atoms with van der Waals surface area (Å²) in [6.45, 7) is 6.22. The summed E-state index contributed by atoms with van der Waals surface area (Å²) in [6, 6.07) is 7.76. The molecular formula is C18H19N3O2S2. The van der Waals surface area contributed by atoms with Crippen LogP contribution in [0.5, 0.6) is 0 Å². The van der Waals surface area contributed by atoms with Crippen molar-refractivity contribution in [2.75, 3.05) is 5.75 Å². The molecule has 0 aliphatic carbocycles. The van der Waals surface area contributed by atoms with Crippen LogP contribution in [0.25, 0.3) is 0 Å². The highest BCUT2D eigenvalue weighted by Gasteiger charge is 2.13. The second-order valence-electron chi connectivity index (χ2n) is 5.98. The quantitative estimate of drug-likeness (QED) is 0.448. The van der Waals surface area contributed by atoms with E-state index in [0.29, 0.717) is 29.0 Å². The fourth-order valence-electron chi connectivity index (χ4n) is 2.28. The number of aromatic nitrogens is 3. The fourth-order valence-corrected chi connectivity index (χ4v) is 3.56. The predicted molar refractivity (Wildman–Crippen MR) is 99.5 cm³/mol. The van der Waals surface area contributed by atoms with E-state index in [9.17, 15) is 4.79 Å². The Morgan fingerprint density at radius 1 is 1.24 bits per heavy atom. The van der Waals surface area contributed by atoms with E-state index in [2.05, 4.69) is 29.0 Å². The Kier molecular flexibility index (Phi) is 5.65. The summed E-state index contributed by atoms with van der Waals surface area (Å²) in [6.07, 6.45) is 0.516. The van der Waals surface area contributed by atoms with Crippen LogP contribution in [-0.2, 0) is 6.42 Å². The molecule has 0 aliphatic heterocycles. The summed E-state index contributed by atoms with van der Waals surface area (Å²) in [4.78, 5) is 16.7. The highest BCUT2D eigenvalue weighted by Crippen LogP contribution is 2.21. The van der Waals surface area contributed by atoms with Crippen molar-refractivity contribution >= 4 is 28.9 Å². The smallest absolute Gasteiger partial charge is 0.277 e. The fraction of sp³-hybridized carbons (Fsp3) is 0.333. The molecule has 130 valence electrons. The average Bonchev–Trinajstić information content (AvgIpc) is 3.22. The van der Waals surface area contributed by atoms with Gasteiger partial charge in [-0.3, -0.25) is 4.79 Å². The lowest BCUT2D eigenvalue weighted by atomic mass is 10.0. The SMILES string of the molecule is Cc1nc(Cc2nnc(SCC(=O)c3ccc(C(C)C)cc3)o2)cs1. The van der Waals surface area contributed by atoms with Crippen LogP contribution in [0.2, 0.25) is 0 Å². The van der Waals surface area contributed by atoms with Gasteiger partial charge in [0.05, 0.1) is 22.9 Å². The highest BCUT2D eigenvalue weighted by atomic mass is 32.2. The minimum atomic E-state index is 0.0511. The molecule has 0 radical (unpaired) electrons. The Labute approximate surface area is 154 Å². The number of carbonyl (C=O) groups excluding carboxylic acids is 1. The number of thiazole rings is 1. The third-order valence-corrected chi connectivity index (χ3v) is 5.31. The maximum Gasteiger partial charge on any atom is 0.277 e. The van der Waals surface area contributed by atoms with Crippen molar-refractivity contribution in [2.45, 2.75) is 38.3 Å². The zero-order valence-corrected chi connectivity index (χ0v) is 16.0. The number of nitrogens with zero attached hydrogens (tertiary/aromatic N) is 3. The number of ketones is 1. The number of thioether (sulfide) groups is 1. The van der Waals surface area contributed by atoms with Crippen molar-refractivity contribution in [3.05, 3.63) is 57.4 Å². The van der Waals surface area contributed by atoms with E-state index in [1.54, 1.807) is 11.3 Å². The van der Waals surface area contributed by atoms with Gasteiger partial charge in [0.2, 0.25) is 5.89 Å². The van der Waals surface area contributed by atoms with Crippen molar-refractivity contribution in [1.82, 2.24) is 15.2 Å². The molecule has 5 nitrogen and oxygen atoms in total. The van der Waals surface area contributed by atoms with Gasteiger partial charge in [-0.05, 0) is 18.4 Å². The first-order chi connectivity index (χ1) is 12.0. The highest BCUT2D eigenvalue weighted by molar-refractivity contribution is 7.99. The Morgan fingerprint density at radius 3 is 2.64 bits per heavy atom. The normalized spacial score (nSPS) is 11.2. The molecule has 25 heavy (non-hydrogen) atoms. The molecule has 0 unspecified atom stereocenters. The van der Waals surface area contributed by atoms with Gasteiger partial charge in [-0.1, -0.05) is 49.9 Å². The average molecular weight is 374 g/mol. The van der Waals surface area contributed by atoms with E-state index in [-0.39, 0.29) is 11.5 Å². The molecule has 3 aromatic rings. The molecule has 0 saturated heterocycles. The molecule has 0 fully saturated rings. The van der Waals surface area contributed by atoms with Gasteiger partial charge in [0, 0.05) is 10.9 Å². The van der Waals surface area contributed by atoms with Crippen LogP contribution >= 0.6 is 23.1 Å². The summed E-state index contributed by atoms with van der Waals surface area (Å²) in [5.74, 6) is 1.30. The van der Waals surface area contributed by atoms with E-state index < -0.39 is 0 Å². The van der Waals surface area contributed by atoms with Crippen LogP contribution < -0.4 is 0 Å². The summed E-state index contributed by atoms with van der Waals surface area (Å²) in [5, 5.41) is 11.4. The first-order valence-corrected chi connectivity index (χ1v) is 9.87. The standard InChI is InChI=1S/C18H19N3O2S2/c1-11(2)13-4-6-14(7-5-13)16(22)10-25-18-21-20-17(23-18)8-15-9-24-12(3)19-15/h4-7,9,11H,8,10H2,1-3H3. The lowest BCUT2D eigenvalue weighted by Gasteiger charge is -2.05. The molecule has 0 bridgehead atoms. The Balaban J connectivity index is 1.55. The van der Waals surface area contributed by atoms with E-state index in [1.807, 2.05) is 36.6 Å². The lowest BCUT2D eigenvalue weighted by Crippen LogP contribution is -2.02. The van der Waals surface area contributed by atoms with Gasteiger partial charge in [-0.2, -0.15) is 0 Å². The van der Waals surface area contributed by atoms with Gasteiger partial charge in [0.25, 0.3) is 5.22 Å². The molecule has 2 aromatic heterocycles. The third kappa shape index (κ3) is 4.76. The van der Waals surface area contributed by atoms with Crippen molar-refractivity contribution < 1.29 is 9.21 Å². The lowest BCUT2D eigenvalue weighted by molar-refractivity contribution is 0.102. The molecule has 0 saturated carbocycles. The van der Waals surface area contributed by atoms with E-state index in [1.165, 1.54) is 17.3 Å². The molecule has 3 rings (SSSR count). The Morgan fingerprint density at radius 2 is 2.00 bits per heavy atom. The molecule has 7 heteroatoms. The van der Waals surface area contributed by atoms with Crippen molar-refractivity contribution in [3.63, 3.8) is 0 Å². The molecule has 0 spiro atoms. The number of Topliss-reactive ketones (excluding diaryl/α,β-unsaturated/α-hetero) is 1. The molecule has 2 heterocycles. The van der Waals surface area contributed by atoms with E-state index in [0.717, 1.165) is 10.7 Å². The van der Waals surface area contributed by atoms with Crippen molar-refractivity contribution in [1.29, 1.82) is 0 Å². The van der Waals surface area contributed by atoms with Gasteiger partial charge in [-0.15, -0.1) is 21.5 Å². The number of hydrogen-bond donors (Lipinski definition) is 0. The molecule has 0 N–H and O–H groups in total. The predicted octanol–water partition coefficient (Wildman–Crippen LogP) is 4.52. The maximum absolute atomic E-state index is 12.3. The zero-order valence-electron chi connectivity index (χ0n) is 14.4. The Bertz CT molecular complexity index is 853. The number of hydrogen-bond acceptors (Lipinski definition) is 7. The molecular weight excluding hydrogens is 354 g/mol. The summed E-state index contributed by atoms with van der Waals surface area (Å²) < 4.78 is 5.59. The molecule has 0 aliphatic rings. The molecule has 0 amide bonds. The molecule has 0 atom stereocenters. The number of benzene rings is 1. The van der Waals surface area contributed by atoms with Crippen LogP contribution in [0.15, 0.2) is 39.3 Å². The van der Waals surface area contributed by atoms with E-state index >= 15 is 0 Å². The summed E-state index contributed by atoms with van der Waals surface area (Å²) in [5.41, 5.74) is 2.85. The van der Waals surface area contributed by atoms with Gasteiger partial charge >= 0.3 is 0 Å². The van der Waals surface area contributed by atoms with Crippen molar-refractivity contribution in [3.8, 4) is 0 Å². The van der Waals surface area contributed by atoms with Gasteiger partial charge in [0.15, 0.2) is 5.78 Å². The molecule has 1 aromatic carbocycles. The van der Waals surface area contributed by atoms with Crippen molar-refractivity contribution in [2.24, 2.45) is 0 Å².